The zero-order chi connectivity index (χ0) is 13.9. The average Bonchev–Trinajstić information content (AvgIpc) is 3.33. The molecule has 0 aliphatic heterocycles. The van der Waals surface area contributed by atoms with Crippen LogP contribution in [-0.2, 0) is 0 Å². The second-order valence-corrected chi connectivity index (χ2v) is 6.75. The highest BCUT2D eigenvalue weighted by Crippen LogP contribution is 2.36. The molecule has 0 N–H and O–H groups in total. The Hall–Kier alpha value is -1.54. The molecule has 1 atom stereocenters. The predicted molar refractivity (Wildman–Crippen MR) is 84.2 cm³/mol. The van der Waals surface area contributed by atoms with Gasteiger partial charge in [0.2, 0.25) is 0 Å². The number of carbonyl (C=O) groups is 1. The van der Waals surface area contributed by atoms with Crippen LogP contribution in [0.1, 0.15) is 40.9 Å². The molecule has 0 saturated heterocycles. The number of rotatable bonds is 5. The summed E-state index contributed by atoms with van der Waals surface area (Å²) >= 11 is 1.83. The van der Waals surface area contributed by atoms with E-state index in [-0.39, 0.29) is 0 Å². The monoisotopic (exact) mass is 282 g/mol. The molecule has 0 heterocycles. The van der Waals surface area contributed by atoms with Crippen molar-refractivity contribution in [2.75, 3.05) is 0 Å². The zero-order valence-electron chi connectivity index (χ0n) is 11.6. The van der Waals surface area contributed by atoms with E-state index < -0.39 is 0 Å². The van der Waals surface area contributed by atoms with Gasteiger partial charge in [-0.25, -0.2) is 0 Å². The Balaban J connectivity index is 1.67. The third-order valence-electron chi connectivity index (χ3n) is 3.67. The molecule has 3 rings (SSSR count). The van der Waals surface area contributed by atoms with Crippen molar-refractivity contribution < 1.29 is 4.79 Å². The van der Waals surface area contributed by atoms with Crippen LogP contribution in [0.5, 0.6) is 0 Å². The van der Waals surface area contributed by atoms with Crippen LogP contribution in [0.25, 0.3) is 0 Å². The Morgan fingerprint density at radius 2 is 1.70 bits per heavy atom. The summed E-state index contributed by atoms with van der Waals surface area (Å²) in [6.07, 6.45) is 2.14. The van der Waals surface area contributed by atoms with Gasteiger partial charge in [-0.05, 0) is 37.5 Å². The van der Waals surface area contributed by atoms with E-state index in [0.717, 1.165) is 18.4 Å². The van der Waals surface area contributed by atoms with Gasteiger partial charge in [-0.15, -0.1) is 11.8 Å². The van der Waals surface area contributed by atoms with Gasteiger partial charge in [0.1, 0.15) is 0 Å². The highest BCUT2D eigenvalue weighted by Gasteiger charge is 2.30. The molecule has 0 bridgehead atoms. The lowest BCUT2D eigenvalue weighted by Gasteiger charge is -2.11. The maximum atomic E-state index is 12.0. The van der Waals surface area contributed by atoms with Crippen molar-refractivity contribution in [1.82, 2.24) is 0 Å². The van der Waals surface area contributed by atoms with E-state index in [2.05, 4.69) is 43.3 Å². The number of hydrogen-bond acceptors (Lipinski definition) is 2. The van der Waals surface area contributed by atoms with E-state index in [0.29, 0.717) is 17.0 Å². The summed E-state index contributed by atoms with van der Waals surface area (Å²) in [7, 11) is 0. The molecule has 20 heavy (non-hydrogen) atoms. The minimum atomic E-state index is 0.303. The van der Waals surface area contributed by atoms with E-state index in [1.807, 2.05) is 30.0 Å². The van der Waals surface area contributed by atoms with E-state index in [1.165, 1.54) is 10.5 Å². The number of benzene rings is 2. The standard InChI is InChI=1S/C18H18OS/c1-13(14-5-3-2-4-6-14)20-17-11-9-16(10-12-17)18(19)15-7-8-15/h2-6,9-13,15H,7-8H2,1H3. The summed E-state index contributed by atoms with van der Waals surface area (Å²) in [5.74, 6) is 0.620. The maximum Gasteiger partial charge on any atom is 0.165 e. The minimum absolute atomic E-state index is 0.303. The third kappa shape index (κ3) is 3.13. The molecule has 0 spiro atoms. The molecule has 1 saturated carbocycles. The second kappa shape index (κ2) is 5.84. The molecule has 1 unspecified atom stereocenters. The highest BCUT2D eigenvalue weighted by molar-refractivity contribution is 7.99. The first-order valence-electron chi connectivity index (χ1n) is 7.10. The maximum absolute atomic E-state index is 12.0. The SMILES string of the molecule is CC(Sc1ccc(C(=O)C2CC2)cc1)c1ccccc1. The molecule has 2 aromatic rings. The van der Waals surface area contributed by atoms with Gasteiger partial charge in [0.15, 0.2) is 5.78 Å². The van der Waals surface area contributed by atoms with E-state index in [9.17, 15) is 4.79 Å². The molecule has 102 valence electrons. The van der Waals surface area contributed by atoms with Crippen LogP contribution in [0.3, 0.4) is 0 Å². The number of carbonyl (C=O) groups excluding carboxylic acids is 1. The number of hydrogen-bond donors (Lipinski definition) is 0. The van der Waals surface area contributed by atoms with Gasteiger partial charge in [0.05, 0.1) is 0 Å². The molecule has 1 nitrogen and oxygen atoms in total. The van der Waals surface area contributed by atoms with E-state index in [1.54, 1.807) is 0 Å². The molecular weight excluding hydrogens is 264 g/mol. The van der Waals surface area contributed by atoms with Crippen LogP contribution < -0.4 is 0 Å². The fraction of sp³-hybridized carbons (Fsp3) is 0.278. The lowest BCUT2D eigenvalue weighted by atomic mass is 10.1. The Morgan fingerprint density at radius 1 is 1.05 bits per heavy atom. The Morgan fingerprint density at radius 3 is 2.30 bits per heavy atom. The van der Waals surface area contributed by atoms with Gasteiger partial charge in [-0.1, -0.05) is 42.5 Å². The molecule has 2 heteroatoms. The molecule has 1 aliphatic rings. The Labute approximate surface area is 124 Å². The van der Waals surface area contributed by atoms with E-state index >= 15 is 0 Å². The van der Waals surface area contributed by atoms with Crippen molar-refractivity contribution in [3.05, 3.63) is 65.7 Å². The smallest absolute Gasteiger partial charge is 0.165 e. The second-order valence-electron chi connectivity index (χ2n) is 5.33. The Bertz CT molecular complexity index is 585. The molecule has 0 amide bonds. The fourth-order valence-corrected chi connectivity index (χ4v) is 3.27. The number of thioether (sulfide) groups is 1. The van der Waals surface area contributed by atoms with Crippen molar-refractivity contribution >= 4 is 17.5 Å². The van der Waals surface area contributed by atoms with Crippen LogP contribution in [-0.4, -0.2) is 5.78 Å². The molecule has 1 aliphatic carbocycles. The molecular formula is C18H18OS. The van der Waals surface area contributed by atoms with Crippen LogP contribution >= 0.6 is 11.8 Å². The summed E-state index contributed by atoms with van der Waals surface area (Å²) in [5, 5.41) is 0.418. The van der Waals surface area contributed by atoms with Crippen molar-refractivity contribution in [3.8, 4) is 0 Å². The van der Waals surface area contributed by atoms with Crippen molar-refractivity contribution in [2.24, 2.45) is 5.92 Å². The predicted octanol–water partition coefficient (Wildman–Crippen LogP) is 5.13. The first-order valence-corrected chi connectivity index (χ1v) is 7.98. The molecule has 1 fully saturated rings. The summed E-state index contributed by atoms with van der Waals surface area (Å²) in [6, 6.07) is 18.6. The summed E-state index contributed by atoms with van der Waals surface area (Å²) < 4.78 is 0. The third-order valence-corrected chi connectivity index (χ3v) is 4.84. The average molecular weight is 282 g/mol. The van der Waals surface area contributed by atoms with Gasteiger partial charge >= 0.3 is 0 Å². The van der Waals surface area contributed by atoms with Gasteiger partial charge < -0.3 is 0 Å². The summed E-state index contributed by atoms with van der Waals surface area (Å²) in [4.78, 5) is 13.2. The normalized spacial score (nSPS) is 15.8. The largest absolute Gasteiger partial charge is 0.294 e. The molecule has 0 radical (unpaired) electrons. The van der Waals surface area contributed by atoms with E-state index in [4.69, 9.17) is 0 Å². The van der Waals surface area contributed by atoms with Crippen LogP contribution in [0.2, 0.25) is 0 Å². The molecule has 0 aromatic heterocycles. The van der Waals surface area contributed by atoms with Crippen molar-refractivity contribution in [1.29, 1.82) is 0 Å². The first kappa shape index (κ1) is 13.4. The van der Waals surface area contributed by atoms with Crippen LogP contribution in [0, 0.1) is 5.92 Å². The van der Waals surface area contributed by atoms with Gasteiger partial charge in [0, 0.05) is 21.6 Å². The number of ketones is 1. The zero-order valence-corrected chi connectivity index (χ0v) is 12.4. The molecule has 2 aromatic carbocycles. The highest BCUT2D eigenvalue weighted by atomic mass is 32.2. The topological polar surface area (TPSA) is 17.1 Å². The van der Waals surface area contributed by atoms with Crippen LogP contribution in [0.4, 0.5) is 0 Å². The van der Waals surface area contributed by atoms with Crippen LogP contribution in [0.15, 0.2) is 59.5 Å². The van der Waals surface area contributed by atoms with Crippen molar-refractivity contribution in [2.45, 2.75) is 29.9 Å². The first-order chi connectivity index (χ1) is 9.74. The van der Waals surface area contributed by atoms with Gasteiger partial charge in [-0.2, -0.15) is 0 Å². The Kier molecular flexibility index (Phi) is 3.93. The van der Waals surface area contributed by atoms with Gasteiger partial charge in [0.25, 0.3) is 0 Å². The summed E-state index contributed by atoms with van der Waals surface area (Å²) in [5.41, 5.74) is 2.19. The lowest BCUT2D eigenvalue weighted by Crippen LogP contribution is -2.00. The number of Topliss-reactive ketones (excluding diaryl/α,β-unsaturated/α-hetero) is 1. The fourth-order valence-electron chi connectivity index (χ4n) is 2.28. The minimum Gasteiger partial charge on any atom is -0.294 e. The van der Waals surface area contributed by atoms with Gasteiger partial charge in [-0.3, -0.25) is 4.79 Å². The lowest BCUT2D eigenvalue weighted by molar-refractivity contribution is 0.0967. The summed E-state index contributed by atoms with van der Waals surface area (Å²) in [6.45, 7) is 2.21. The quantitative estimate of drug-likeness (QED) is 0.558. The van der Waals surface area contributed by atoms with Crippen molar-refractivity contribution in [3.63, 3.8) is 0 Å².